The molecule has 0 saturated heterocycles. The van der Waals surface area contributed by atoms with Gasteiger partial charge in [-0.3, -0.25) is 0 Å². The fourth-order valence-corrected chi connectivity index (χ4v) is 1.34. The van der Waals surface area contributed by atoms with Gasteiger partial charge >= 0.3 is 8.60 Å². The molecule has 5 heteroatoms. The van der Waals surface area contributed by atoms with Crippen molar-refractivity contribution in [1.29, 1.82) is 0 Å². The number of hydrogen-bond acceptors (Lipinski definition) is 4. The summed E-state index contributed by atoms with van der Waals surface area (Å²) in [7, 11) is 3.57. The van der Waals surface area contributed by atoms with Gasteiger partial charge in [0.1, 0.15) is 0 Å². The zero-order valence-electron chi connectivity index (χ0n) is 10.2. The van der Waals surface area contributed by atoms with Crippen LogP contribution < -0.4 is 0 Å². The second-order valence-electron chi connectivity index (χ2n) is 2.39. The average Bonchev–Trinajstić information content (AvgIpc) is 2.24. The van der Waals surface area contributed by atoms with E-state index in [9.17, 15) is 0 Å². The average molecular weight is 225 g/mol. The maximum atomic E-state index is 4.67. The fraction of sp³-hybridized carbons (Fsp3) is 1.00. The Bertz CT molecular complexity index is 75.0. The predicted octanol–water partition coefficient (Wildman–Crippen LogP) is 2.50. The van der Waals surface area contributed by atoms with Crippen molar-refractivity contribution in [2.75, 3.05) is 41.0 Å². The Morgan fingerprint density at radius 2 is 1.07 bits per heavy atom. The topological polar surface area (TPSA) is 30.9 Å². The van der Waals surface area contributed by atoms with Crippen molar-refractivity contribution in [3.8, 4) is 0 Å². The van der Waals surface area contributed by atoms with E-state index in [1.807, 2.05) is 0 Å². The molecule has 0 aliphatic carbocycles. The maximum absolute atomic E-state index is 4.67. The first-order chi connectivity index (χ1) is 6.69. The monoisotopic (exact) mass is 225 g/mol. The Morgan fingerprint density at radius 3 is 1.07 bits per heavy atom. The number of rotatable bonds is 6. The molecular weight excluding hydrogens is 201 g/mol. The minimum atomic E-state index is -1.05. The Kier molecular flexibility index (Phi) is 15.8. The molecule has 0 aliphatic rings. The van der Waals surface area contributed by atoms with Crippen LogP contribution >= 0.6 is 8.60 Å². The van der Waals surface area contributed by atoms with Gasteiger partial charge in [0.25, 0.3) is 0 Å². The van der Waals surface area contributed by atoms with Crippen LogP contribution in [0, 0.1) is 0 Å². The first-order valence-electron chi connectivity index (χ1n) is 4.84. The molecule has 0 rings (SSSR count). The molecule has 0 aromatic heterocycles. The molecule has 0 amide bonds. The van der Waals surface area contributed by atoms with E-state index in [4.69, 9.17) is 0 Å². The third kappa shape index (κ3) is 10.4. The van der Waals surface area contributed by atoms with E-state index in [2.05, 4.69) is 39.2 Å². The highest BCUT2D eigenvalue weighted by Crippen LogP contribution is 2.35. The fourth-order valence-electron chi connectivity index (χ4n) is 0.894. The van der Waals surface area contributed by atoms with Gasteiger partial charge in [0.15, 0.2) is 0 Å². The van der Waals surface area contributed by atoms with Gasteiger partial charge in [-0.1, -0.05) is 20.8 Å². The molecule has 0 atom stereocenters. The van der Waals surface area contributed by atoms with Crippen LogP contribution in [0.3, 0.4) is 0 Å². The molecule has 0 aliphatic heterocycles. The van der Waals surface area contributed by atoms with Crippen molar-refractivity contribution in [3.63, 3.8) is 0 Å². The van der Waals surface area contributed by atoms with E-state index in [0.29, 0.717) is 0 Å². The molecule has 0 heterocycles. The lowest BCUT2D eigenvalue weighted by atomic mass is 10.5. The zero-order chi connectivity index (χ0) is 11.4. The van der Waals surface area contributed by atoms with E-state index in [1.54, 1.807) is 21.3 Å². The molecule has 0 N–H and O–H groups in total. The molecule has 0 radical (unpaired) electrons. The largest absolute Gasteiger partial charge is 0.331 e. The van der Waals surface area contributed by atoms with Gasteiger partial charge in [-0.25, -0.2) is 0 Å². The smallest absolute Gasteiger partial charge is 0.316 e. The Hall–Kier alpha value is 0.270. The van der Waals surface area contributed by atoms with Crippen molar-refractivity contribution in [2.45, 2.75) is 20.8 Å². The van der Waals surface area contributed by atoms with Gasteiger partial charge in [-0.2, -0.15) is 0 Å². The van der Waals surface area contributed by atoms with Crippen molar-refractivity contribution >= 4 is 8.60 Å². The summed E-state index contributed by atoms with van der Waals surface area (Å²) in [4.78, 5) is 2.38. The van der Waals surface area contributed by atoms with E-state index in [0.717, 1.165) is 0 Å². The van der Waals surface area contributed by atoms with E-state index in [1.165, 1.54) is 19.6 Å². The van der Waals surface area contributed by atoms with Gasteiger partial charge in [0.2, 0.25) is 0 Å². The minimum Gasteiger partial charge on any atom is -0.316 e. The SMILES string of the molecule is CCN(CC)CC.COP(OC)OC. The van der Waals surface area contributed by atoms with Gasteiger partial charge in [-0.15, -0.1) is 0 Å². The Labute approximate surface area is 89.5 Å². The highest BCUT2D eigenvalue weighted by molar-refractivity contribution is 7.41. The lowest BCUT2D eigenvalue weighted by Gasteiger charge is -2.13. The first-order valence-corrected chi connectivity index (χ1v) is 5.94. The van der Waals surface area contributed by atoms with Crippen molar-refractivity contribution in [2.24, 2.45) is 0 Å². The Morgan fingerprint density at radius 1 is 0.786 bits per heavy atom. The molecule has 0 fully saturated rings. The van der Waals surface area contributed by atoms with E-state index in [-0.39, 0.29) is 0 Å². The summed E-state index contributed by atoms with van der Waals surface area (Å²) in [5.41, 5.74) is 0. The summed E-state index contributed by atoms with van der Waals surface area (Å²) in [6, 6.07) is 0. The molecule has 0 saturated carbocycles. The summed E-state index contributed by atoms with van der Waals surface area (Å²) in [6.07, 6.45) is 0. The highest BCUT2D eigenvalue weighted by Gasteiger charge is 2.00. The zero-order valence-corrected chi connectivity index (χ0v) is 11.1. The van der Waals surface area contributed by atoms with E-state index < -0.39 is 8.60 Å². The normalized spacial score (nSPS) is 10.3. The van der Waals surface area contributed by atoms with Crippen LogP contribution in [-0.4, -0.2) is 45.9 Å². The minimum absolute atomic E-state index is 1.05. The maximum Gasteiger partial charge on any atom is 0.331 e. The molecule has 0 aromatic rings. The van der Waals surface area contributed by atoms with Crippen molar-refractivity contribution in [3.05, 3.63) is 0 Å². The van der Waals surface area contributed by atoms with Crippen LogP contribution in [0.1, 0.15) is 20.8 Å². The van der Waals surface area contributed by atoms with Crippen molar-refractivity contribution in [1.82, 2.24) is 4.90 Å². The second kappa shape index (κ2) is 13.3. The van der Waals surface area contributed by atoms with Gasteiger partial charge < -0.3 is 18.5 Å². The van der Waals surface area contributed by atoms with Gasteiger partial charge in [0, 0.05) is 21.3 Å². The molecule has 14 heavy (non-hydrogen) atoms. The summed E-state index contributed by atoms with van der Waals surface area (Å²) < 4.78 is 14.0. The number of nitrogens with zero attached hydrogens (tertiary/aromatic N) is 1. The van der Waals surface area contributed by atoms with Crippen LogP contribution in [0.2, 0.25) is 0 Å². The predicted molar refractivity (Wildman–Crippen MR) is 61.4 cm³/mol. The standard InChI is InChI=1S/C6H15N.C3H9O3P/c2*1-4-7(5-2)6-3/h4-6H2,1-3H3;1-3H3. The molecular formula is C9H24NO3P. The molecule has 88 valence electrons. The summed E-state index contributed by atoms with van der Waals surface area (Å²) in [5, 5.41) is 0. The van der Waals surface area contributed by atoms with Gasteiger partial charge in [-0.05, 0) is 19.6 Å². The third-order valence-corrected chi connectivity index (χ3v) is 2.68. The molecule has 0 spiro atoms. The molecule has 0 aromatic carbocycles. The lowest BCUT2D eigenvalue weighted by molar-refractivity contribution is 0.239. The van der Waals surface area contributed by atoms with Crippen LogP contribution in [0.15, 0.2) is 0 Å². The summed E-state index contributed by atoms with van der Waals surface area (Å²) in [6.45, 7) is 10.1. The van der Waals surface area contributed by atoms with Crippen LogP contribution in [0.4, 0.5) is 0 Å². The summed E-state index contributed by atoms with van der Waals surface area (Å²) in [5.74, 6) is 0. The highest BCUT2D eigenvalue weighted by atomic mass is 31.2. The van der Waals surface area contributed by atoms with Crippen molar-refractivity contribution < 1.29 is 13.6 Å². The molecule has 0 unspecified atom stereocenters. The van der Waals surface area contributed by atoms with Crippen LogP contribution in [-0.2, 0) is 13.6 Å². The summed E-state index contributed by atoms with van der Waals surface area (Å²) >= 11 is 0. The lowest BCUT2D eigenvalue weighted by Crippen LogP contribution is -2.21. The van der Waals surface area contributed by atoms with Crippen LogP contribution in [0.25, 0.3) is 0 Å². The quantitative estimate of drug-likeness (QED) is 0.650. The second-order valence-corrected chi connectivity index (χ2v) is 3.93. The molecule has 0 bridgehead atoms. The Balaban J connectivity index is 0. The third-order valence-electron chi connectivity index (χ3n) is 1.79. The molecule has 4 nitrogen and oxygen atoms in total. The van der Waals surface area contributed by atoms with Crippen LogP contribution in [0.5, 0.6) is 0 Å². The van der Waals surface area contributed by atoms with E-state index >= 15 is 0 Å². The first kappa shape index (κ1) is 16.7. The van der Waals surface area contributed by atoms with Gasteiger partial charge in [0.05, 0.1) is 0 Å². The number of hydrogen-bond donors (Lipinski definition) is 0.